The zero-order valence-electron chi connectivity index (χ0n) is 4.70. The van der Waals surface area contributed by atoms with Crippen LogP contribution in [-0.4, -0.2) is 42.5 Å². The largest absolute Gasteiger partial charge is 1.00 e. The van der Waals surface area contributed by atoms with E-state index < -0.39 is 5.97 Å². The van der Waals surface area contributed by atoms with E-state index in [9.17, 15) is 0 Å². The summed E-state index contributed by atoms with van der Waals surface area (Å²) in [4.78, 5) is 0. The Labute approximate surface area is 52.1 Å². The van der Waals surface area contributed by atoms with E-state index in [0.717, 1.165) is 0 Å². The van der Waals surface area contributed by atoms with Crippen LogP contribution in [0.25, 0.3) is 0 Å². The average Bonchev–Trinajstić information content (AvgIpc) is 1.30. The monoisotopic (exact) mass is 136 g/mol. The van der Waals surface area contributed by atoms with Gasteiger partial charge < -0.3 is 23.7 Å². The molecule has 0 fully saturated rings. The molecule has 0 spiro atoms. The zero-order valence-corrected chi connectivity index (χ0v) is 5.86. The molecule has 0 aromatic heterocycles. The minimum absolute atomic E-state index is 0. The second kappa shape index (κ2) is 4.27. The lowest BCUT2D eigenvalue weighted by Gasteiger charge is -2.06. The molecule has 3 nitrogen and oxygen atoms in total. The predicted molar refractivity (Wildman–Crippen MR) is 35.6 cm³/mol. The van der Waals surface area contributed by atoms with Crippen molar-refractivity contribution in [1.29, 1.82) is 0 Å². The van der Waals surface area contributed by atoms with Gasteiger partial charge in [-0.1, -0.05) is 0 Å². The van der Waals surface area contributed by atoms with Crippen LogP contribution in [0.4, 0.5) is 0 Å². The first-order valence-corrected chi connectivity index (χ1v) is 3.98. The van der Waals surface area contributed by atoms with Crippen LogP contribution in [0.3, 0.4) is 0 Å². The van der Waals surface area contributed by atoms with Crippen LogP contribution >= 0.6 is 8.58 Å². The van der Waals surface area contributed by atoms with Gasteiger partial charge in [0, 0.05) is 6.66 Å². The van der Waals surface area contributed by atoms with Crippen LogP contribution in [-0.2, 0) is 0 Å². The van der Waals surface area contributed by atoms with Gasteiger partial charge in [-0.15, -0.1) is 0 Å². The lowest BCUT2D eigenvalue weighted by Crippen LogP contribution is -2.29. The summed E-state index contributed by atoms with van der Waals surface area (Å²) in [6.45, 7) is 1.83. The van der Waals surface area contributed by atoms with E-state index in [4.69, 9.17) is 15.3 Å². The van der Waals surface area contributed by atoms with Crippen LogP contribution in [0.5, 0.6) is 0 Å². The lowest BCUT2D eigenvalue weighted by molar-refractivity contribution is -0.293. The molecule has 1 unspecified atom stereocenters. The first kappa shape index (κ1) is 11.2. The van der Waals surface area contributed by atoms with Gasteiger partial charge >= 0.3 is 5.97 Å². The van der Waals surface area contributed by atoms with Crippen molar-refractivity contribution in [3.63, 3.8) is 0 Å². The Balaban J connectivity index is 0. The van der Waals surface area contributed by atoms with Crippen molar-refractivity contribution < 1.29 is 15.3 Å². The molecule has 0 aliphatic rings. The van der Waals surface area contributed by atoms with Crippen LogP contribution in [0, 0.1) is 0 Å². The molecule has 0 heterocycles. The summed E-state index contributed by atoms with van der Waals surface area (Å²) in [6, 6.07) is 0. The summed E-state index contributed by atoms with van der Waals surface area (Å²) in [5, 5.41) is 24.4. The van der Waals surface area contributed by atoms with Crippen LogP contribution < -0.4 is 0 Å². The standard InChI is InChI=1S/C3H9O3P.B/c1-7-2-3(4,5)6;/h4-7H,2H2,1H3;/q;-1/p+1. The van der Waals surface area contributed by atoms with Gasteiger partial charge in [0.2, 0.25) is 0 Å². The molecule has 0 bridgehead atoms. The Bertz CT molecular complexity index is 53.0. The highest BCUT2D eigenvalue weighted by molar-refractivity contribution is 7.37. The zero-order chi connectivity index (χ0) is 5.91. The van der Waals surface area contributed by atoms with Crippen LogP contribution in [0.15, 0.2) is 0 Å². The summed E-state index contributed by atoms with van der Waals surface area (Å²) in [7, 11) is -0.0405. The molecule has 0 aromatic rings. The molecule has 4 radical (unpaired) electrons. The van der Waals surface area contributed by atoms with Crippen molar-refractivity contribution >= 4 is 17.0 Å². The maximum atomic E-state index is 8.15. The Morgan fingerprint density at radius 3 is 1.75 bits per heavy atom. The number of aliphatic hydroxyl groups is 3. The first-order chi connectivity index (χ1) is 3.06. The Morgan fingerprint density at radius 2 is 1.75 bits per heavy atom. The fourth-order valence-corrected chi connectivity index (χ4v) is 0.822. The summed E-state index contributed by atoms with van der Waals surface area (Å²) >= 11 is 0. The second-order valence-corrected chi connectivity index (χ2v) is 2.61. The molecule has 0 aliphatic heterocycles. The van der Waals surface area contributed by atoms with Crippen molar-refractivity contribution in [2.75, 3.05) is 12.8 Å². The van der Waals surface area contributed by atoms with Crippen molar-refractivity contribution in [1.82, 2.24) is 0 Å². The molecular weight excluding hydrogens is 126 g/mol. The van der Waals surface area contributed by atoms with E-state index in [0.29, 0.717) is 0 Å². The summed E-state index contributed by atoms with van der Waals surface area (Å²) in [5.41, 5.74) is 0. The Hall–Kier alpha value is 0.375. The highest BCUT2D eigenvalue weighted by Crippen LogP contribution is 2.08. The molecule has 0 rings (SSSR count). The first-order valence-electron chi connectivity index (χ1n) is 2.01. The van der Waals surface area contributed by atoms with Crippen molar-refractivity contribution in [2.45, 2.75) is 5.97 Å². The van der Waals surface area contributed by atoms with Gasteiger partial charge in [-0.25, -0.2) is 0 Å². The van der Waals surface area contributed by atoms with Gasteiger partial charge in [0.15, 0.2) is 0 Å². The lowest BCUT2D eigenvalue weighted by atomic mass is 10.7. The highest BCUT2D eigenvalue weighted by Gasteiger charge is 2.18. The van der Waals surface area contributed by atoms with Gasteiger partial charge in [-0.3, -0.25) is 0 Å². The second-order valence-electron chi connectivity index (χ2n) is 1.39. The molecule has 0 saturated heterocycles. The number of hydrogen-bond donors (Lipinski definition) is 3. The van der Waals surface area contributed by atoms with E-state index in [1.807, 2.05) is 6.66 Å². The number of rotatable bonds is 2. The predicted octanol–water partition coefficient (Wildman–Crippen LogP) is -1.72. The van der Waals surface area contributed by atoms with E-state index in [1.165, 1.54) is 0 Å². The highest BCUT2D eigenvalue weighted by atomic mass is 31.1. The fourth-order valence-electron chi connectivity index (χ4n) is 0.274. The van der Waals surface area contributed by atoms with Crippen molar-refractivity contribution in [2.24, 2.45) is 0 Å². The third-order valence-corrected chi connectivity index (χ3v) is 1.43. The van der Waals surface area contributed by atoms with Gasteiger partial charge in [-0.05, 0) is 8.58 Å². The van der Waals surface area contributed by atoms with Gasteiger partial charge in [0.25, 0.3) is 0 Å². The molecule has 3 N–H and O–H groups in total. The third-order valence-electron chi connectivity index (χ3n) is 0.478. The Morgan fingerprint density at radius 1 is 1.38 bits per heavy atom. The smallest absolute Gasteiger partial charge is 0.310 e. The molecule has 0 aliphatic carbocycles. The minimum atomic E-state index is -2.41. The van der Waals surface area contributed by atoms with Crippen molar-refractivity contribution in [3.8, 4) is 0 Å². The molecule has 8 heavy (non-hydrogen) atoms. The maximum Gasteiger partial charge on any atom is 0.310 e. The topological polar surface area (TPSA) is 60.7 Å². The number of hydrogen-bond acceptors (Lipinski definition) is 3. The SMILES string of the molecule is C[PH2+]CC(O)(O)O.[B-]. The van der Waals surface area contributed by atoms with E-state index in [-0.39, 0.29) is 23.2 Å². The van der Waals surface area contributed by atoms with E-state index in [2.05, 4.69) is 0 Å². The molecule has 0 amide bonds. The third kappa shape index (κ3) is 9.62. The Kier molecular flexibility index (Phi) is 5.99. The van der Waals surface area contributed by atoms with Crippen LogP contribution in [0.1, 0.15) is 0 Å². The molecular formula is C3H10BO3P. The molecule has 48 valence electrons. The normalized spacial score (nSPS) is 12.0. The summed E-state index contributed by atoms with van der Waals surface area (Å²) < 4.78 is 0. The molecule has 0 saturated carbocycles. The van der Waals surface area contributed by atoms with Crippen LogP contribution in [0.2, 0.25) is 0 Å². The molecule has 0 aromatic carbocycles. The molecule has 5 heteroatoms. The van der Waals surface area contributed by atoms with E-state index >= 15 is 0 Å². The van der Waals surface area contributed by atoms with Gasteiger partial charge in [0.1, 0.15) is 6.16 Å². The maximum absolute atomic E-state index is 8.15. The summed E-state index contributed by atoms with van der Waals surface area (Å²) in [5.74, 6) is -2.41. The minimum Gasteiger partial charge on any atom is -1.00 e. The fraction of sp³-hybridized carbons (Fsp3) is 1.00. The van der Waals surface area contributed by atoms with Gasteiger partial charge in [0.05, 0.1) is 0 Å². The average molecular weight is 136 g/mol. The molecule has 1 atom stereocenters. The van der Waals surface area contributed by atoms with E-state index in [1.54, 1.807) is 0 Å². The quantitative estimate of drug-likeness (QED) is 0.240. The van der Waals surface area contributed by atoms with Gasteiger partial charge in [-0.2, -0.15) is 0 Å². The summed E-state index contributed by atoms with van der Waals surface area (Å²) in [6.07, 6.45) is 0.0903. The van der Waals surface area contributed by atoms with Crippen molar-refractivity contribution in [3.05, 3.63) is 0 Å².